The number of hydrogen-bond donors (Lipinski definition) is 1. The summed E-state index contributed by atoms with van der Waals surface area (Å²) in [6, 6.07) is 3.63. The Morgan fingerprint density at radius 2 is 2.18 bits per heavy atom. The van der Waals surface area contributed by atoms with Crippen LogP contribution in [0.4, 0.5) is 0 Å². The smallest absolute Gasteiger partial charge is 0.0882 e. The van der Waals surface area contributed by atoms with Gasteiger partial charge in [0.2, 0.25) is 0 Å². The molecule has 0 fully saturated rings. The zero-order valence-electron chi connectivity index (χ0n) is 5.83. The number of fused-ring (bicyclic) bond motifs is 1. The highest BCUT2D eigenvalue weighted by molar-refractivity contribution is 5.76. The Bertz CT molecular complexity index is 351. The van der Waals surface area contributed by atoms with Gasteiger partial charge in [-0.15, -0.1) is 0 Å². The van der Waals surface area contributed by atoms with Crippen LogP contribution in [-0.4, -0.2) is 9.97 Å². The fourth-order valence-electron chi connectivity index (χ4n) is 1.01. The summed E-state index contributed by atoms with van der Waals surface area (Å²) in [4.78, 5) is 7.05. The van der Waals surface area contributed by atoms with E-state index in [1.54, 1.807) is 12.3 Å². The van der Waals surface area contributed by atoms with Gasteiger partial charge in [-0.2, -0.15) is 0 Å². The Morgan fingerprint density at radius 1 is 1.36 bits per heavy atom. The maximum Gasteiger partial charge on any atom is 0.0882 e. The molecule has 2 aromatic heterocycles. The monoisotopic (exact) mass is 142 g/mol. The molecule has 0 saturated heterocycles. The van der Waals surface area contributed by atoms with Crippen molar-refractivity contribution in [1.29, 1.82) is 0 Å². The third kappa shape index (κ3) is 0.909. The van der Waals surface area contributed by atoms with Crippen LogP contribution in [0.15, 0.2) is 18.3 Å². The molecule has 0 aliphatic rings. The molecular formula is C9H6N2. The summed E-state index contributed by atoms with van der Waals surface area (Å²) in [7, 11) is 0. The molecule has 0 atom stereocenters. The van der Waals surface area contributed by atoms with E-state index in [1.165, 1.54) is 0 Å². The van der Waals surface area contributed by atoms with Crippen LogP contribution in [0.1, 0.15) is 11.3 Å². The fraction of sp³-hybridized carbons (Fsp3) is 0. The quantitative estimate of drug-likeness (QED) is 0.595. The molecule has 2 nitrogen and oxygen atoms in total. The number of pyridine rings is 1. The largest absolute Gasteiger partial charge is 0.360 e. The van der Waals surface area contributed by atoms with Crippen molar-refractivity contribution in [3.05, 3.63) is 43.4 Å². The van der Waals surface area contributed by atoms with Crippen LogP contribution in [0.5, 0.6) is 0 Å². The lowest BCUT2D eigenvalue weighted by Crippen LogP contribution is -1.85. The molecule has 2 aromatic rings. The first-order valence-electron chi connectivity index (χ1n) is 3.26. The van der Waals surface area contributed by atoms with Gasteiger partial charge in [-0.25, -0.2) is 0 Å². The lowest BCUT2D eigenvalue weighted by atomic mass is 10.2. The zero-order chi connectivity index (χ0) is 7.84. The van der Waals surface area contributed by atoms with E-state index in [0.29, 0.717) is 11.3 Å². The molecule has 0 amide bonds. The highest BCUT2D eigenvalue weighted by Crippen LogP contribution is 2.13. The van der Waals surface area contributed by atoms with Crippen molar-refractivity contribution in [2.75, 3.05) is 0 Å². The van der Waals surface area contributed by atoms with E-state index in [1.807, 2.05) is 6.07 Å². The molecule has 2 heteroatoms. The van der Waals surface area contributed by atoms with E-state index in [0.717, 1.165) is 11.0 Å². The molecule has 2 heterocycles. The number of nitrogens with zero attached hydrogens (tertiary/aromatic N) is 1. The fourth-order valence-corrected chi connectivity index (χ4v) is 1.01. The van der Waals surface area contributed by atoms with Crippen LogP contribution in [0.3, 0.4) is 0 Å². The molecule has 0 aliphatic carbocycles. The summed E-state index contributed by atoms with van der Waals surface area (Å²) >= 11 is 0. The van der Waals surface area contributed by atoms with Gasteiger partial charge in [0, 0.05) is 25.7 Å². The number of rotatable bonds is 0. The van der Waals surface area contributed by atoms with Crippen LogP contribution in [-0.2, 0) is 0 Å². The molecule has 0 spiro atoms. The third-order valence-electron chi connectivity index (χ3n) is 1.59. The highest BCUT2D eigenvalue weighted by atomic mass is 14.8. The summed E-state index contributed by atoms with van der Waals surface area (Å²) in [5, 5.41) is 0. The van der Waals surface area contributed by atoms with Gasteiger partial charge in [-0.05, 0) is 17.7 Å². The zero-order valence-corrected chi connectivity index (χ0v) is 5.83. The number of aromatic amines is 1. The molecule has 0 aliphatic heterocycles. The van der Waals surface area contributed by atoms with Crippen molar-refractivity contribution in [2.45, 2.75) is 0 Å². The van der Waals surface area contributed by atoms with Crippen molar-refractivity contribution in [3.63, 3.8) is 0 Å². The molecule has 4 radical (unpaired) electrons. The minimum atomic E-state index is 0.386. The lowest BCUT2D eigenvalue weighted by Gasteiger charge is -1.96. The van der Waals surface area contributed by atoms with Gasteiger partial charge in [-0.3, -0.25) is 4.98 Å². The Labute approximate surface area is 65.3 Å². The number of aromatic nitrogens is 2. The van der Waals surface area contributed by atoms with Crippen molar-refractivity contribution < 1.29 is 0 Å². The minimum absolute atomic E-state index is 0.386. The molecule has 11 heavy (non-hydrogen) atoms. The van der Waals surface area contributed by atoms with Crippen molar-refractivity contribution in [2.24, 2.45) is 0 Å². The van der Waals surface area contributed by atoms with Crippen LogP contribution < -0.4 is 0 Å². The number of hydrogen-bond acceptors (Lipinski definition) is 1. The average Bonchev–Trinajstić information content (AvgIpc) is 2.36. The van der Waals surface area contributed by atoms with E-state index >= 15 is 0 Å². The van der Waals surface area contributed by atoms with Gasteiger partial charge in [0.25, 0.3) is 0 Å². The van der Waals surface area contributed by atoms with Gasteiger partial charge >= 0.3 is 0 Å². The Morgan fingerprint density at radius 3 is 3.00 bits per heavy atom. The van der Waals surface area contributed by atoms with Crippen LogP contribution >= 0.6 is 0 Å². The molecule has 2 rings (SSSR count). The van der Waals surface area contributed by atoms with Gasteiger partial charge < -0.3 is 4.98 Å². The first-order chi connectivity index (χ1) is 5.27. The van der Waals surface area contributed by atoms with E-state index in [-0.39, 0.29) is 0 Å². The van der Waals surface area contributed by atoms with Gasteiger partial charge in [0.05, 0.1) is 11.0 Å². The molecule has 52 valence electrons. The molecule has 1 N–H and O–H groups in total. The Kier molecular flexibility index (Phi) is 1.22. The normalized spacial score (nSPS) is 10.7. The Balaban J connectivity index is 2.86. The number of H-pyrrole nitrogens is 1. The second-order valence-electron chi connectivity index (χ2n) is 2.37. The standard InChI is InChI=1S/C9H6N2/c1-6-5-9-8(3-4-10-9)11-7(6)2/h1-5,10H. The highest BCUT2D eigenvalue weighted by Gasteiger charge is 1.98. The van der Waals surface area contributed by atoms with Crippen LogP contribution in [0.25, 0.3) is 11.0 Å². The molecule has 0 bridgehead atoms. The first kappa shape index (κ1) is 6.40. The second-order valence-corrected chi connectivity index (χ2v) is 2.37. The van der Waals surface area contributed by atoms with Gasteiger partial charge in [-0.1, -0.05) is 0 Å². The summed E-state index contributed by atoms with van der Waals surface area (Å²) < 4.78 is 0. The minimum Gasteiger partial charge on any atom is -0.360 e. The first-order valence-corrected chi connectivity index (χ1v) is 3.26. The van der Waals surface area contributed by atoms with E-state index < -0.39 is 0 Å². The van der Waals surface area contributed by atoms with Gasteiger partial charge in [0.1, 0.15) is 0 Å². The van der Waals surface area contributed by atoms with Crippen molar-refractivity contribution >= 4 is 11.0 Å². The molecule has 0 unspecified atom stereocenters. The maximum atomic E-state index is 5.54. The van der Waals surface area contributed by atoms with E-state index in [4.69, 9.17) is 13.8 Å². The SMILES string of the molecule is [CH]c1cc2[nH]ccc2nc1[CH]. The molecule has 0 saturated carbocycles. The predicted octanol–water partition coefficient (Wildman–Crippen LogP) is 1.68. The summed E-state index contributed by atoms with van der Waals surface area (Å²) in [5.74, 6) is 0. The second kappa shape index (κ2) is 2.09. The van der Waals surface area contributed by atoms with Crippen molar-refractivity contribution in [1.82, 2.24) is 9.97 Å². The topological polar surface area (TPSA) is 28.7 Å². The summed E-state index contributed by atoms with van der Waals surface area (Å²) in [5.41, 5.74) is 2.66. The van der Waals surface area contributed by atoms with E-state index in [9.17, 15) is 0 Å². The van der Waals surface area contributed by atoms with Crippen molar-refractivity contribution in [3.8, 4) is 0 Å². The number of nitrogens with one attached hydrogen (secondary N) is 1. The van der Waals surface area contributed by atoms with Crippen LogP contribution in [0, 0.1) is 13.8 Å². The van der Waals surface area contributed by atoms with Gasteiger partial charge in [0.15, 0.2) is 0 Å². The summed E-state index contributed by atoms with van der Waals surface area (Å²) in [6.07, 6.45) is 1.80. The lowest BCUT2D eigenvalue weighted by molar-refractivity contribution is 1.31. The summed E-state index contributed by atoms with van der Waals surface area (Å²) in [6.45, 7) is 11.0. The molecular weight excluding hydrogens is 136 g/mol. The average molecular weight is 142 g/mol. The predicted molar refractivity (Wildman–Crippen MR) is 42.9 cm³/mol. The van der Waals surface area contributed by atoms with E-state index in [2.05, 4.69) is 9.97 Å². The van der Waals surface area contributed by atoms with Crippen LogP contribution in [0.2, 0.25) is 0 Å². The molecule has 0 aromatic carbocycles. The maximum absolute atomic E-state index is 5.54. The Hall–Kier alpha value is -1.31. The third-order valence-corrected chi connectivity index (χ3v) is 1.59.